The van der Waals surface area contributed by atoms with Crippen LogP contribution in [0.15, 0.2) is 53.3 Å². The predicted molar refractivity (Wildman–Crippen MR) is 158 cm³/mol. The number of fused-ring (bicyclic) bond motifs is 3. The van der Waals surface area contributed by atoms with Gasteiger partial charge in [-0.25, -0.2) is 0 Å². The van der Waals surface area contributed by atoms with Crippen molar-refractivity contribution in [1.82, 2.24) is 10.2 Å². The van der Waals surface area contributed by atoms with Crippen LogP contribution in [0, 0.1) is 11.8 Å². The number of nitrogens with two attached hydrogens (primary N) is 1. The highest BCUT2D eigenvalue weighted by molar-refractivity contribution is 6.24. The zero-order chi connectivity index (χ0) is 32.1. The van der Waals surface area contributed by atoms with E-state index < -0.39 is 58.0 Å². The number of aliphatic hydroxyl groups excluding tert-OH is 2. The normalized spacial score (nSPS) is 24.6. The summed E-state index contributed by atoms with van der Waals surface area (Å²) in [5.41, 5.74) is 4.62. The Bertz CT molecular complexity index is 1630. The number of nitrogens with zero attached hydrogens (tertiary/aromatic N) is 1. The third-order valence-electron chi connectivity index (χ3n) is 8.77. The van der Waals surface area contributed by atoms with Gasteiger partial charge in [0.2, 0.25) is 5.78 Å². The second-order valence-electron chi connectivity index (χ2n) is 11.6. The summed E-state index contributed by atoms with van der Waals surface area (Å²) in [6.45, 7) is 2.54. The predicted octanol–water partition coefficient (Wildman–Crippen LogP) is 1.28. The zero-order valence-electron chi connectivity index (χ0n) is 24.6. The molecule has 1 unspecified atom stereocenters. The van der Waals surface area contributed by atoms with E-state index in [2.05, 4.69) is 5.32 Å². The fourth-order valence-corrected chi connectivity index (χ4v) is 6.84. The molecule has 0 heterocycles. The number of Topliss-reactive ketones (excluding diaryl/α,β-unsaturated/α-hetero) is 2. The first kappa shape index (κ1) is 30.9. The number of nitrogens with one attached hydrogen (secondary N) is 1. The van der Waals surface area contributed by atoms with Gasteiger partial charge in [0.1, 0.15) is 22.8 Å². The van der Waals surface area contributed by atoms with Crippen LogP contribution in [0.1, 0.15) is 30.0 Å². The molecule has 7 N–H and O–H groups in total. The van der Waals surface area contributed by atoms with Gasteiger partial charge in [0.05, 0.1) is 24.8 Å². The molecular formula is C32H35N3O9. The second-order valence-corrected chi connectivity index (χ2v) is 11.6. The van der Waals surface area contributed by atoms with Crippen LogP contribution in [0.3, 0.4) is 0 Å². The number of carbonyl (C=O) groups excluding carboxylic acids is 4. The van der Waals surface area contributed by atoms with Crippen LogP contribution in [0.4, 0.5) is 0 Å². The number of likely N-dealkylation sites (N-methyl/N-ethyl adjacent to an activating group) is 1. The third kappa shape index (κ3) is 4.84. The summed E-state index contributed by atoms with van der Waals surface area (Å²) in [5.74, 6) is -7.25. The monoisotopic (exact) mass is 605 g/mol. The minimum Gasteiger partial charge on any atom is -0.508 e. The molecule has 0 bridgehead atoms. The standard InChI is InChI=1S/C32H35N3O9/c1-4-44-22(37)14-34-13-15-5-7-16(8-6-15)18-9-10-21(36)24-19(18)11-17-12-20-26(35(2)3)28(39)25(31(33)42)30(41)32(20,43)29(40)23(17)27(24)38/h5-10,17,20,26,34,36,38,41,43H,4,11-14H2,1-3H3,(H2,33,42)/t17-,20-,26?,32-/m1/s1. The van der Waals surface area contributed by atoms with Gasteiger partial charge >= 0.3 is 5.97 Å². The molecule has 1 amide bonds. The lowest BCUT2D eigenvalue weighted by Crippen LogP contribution is -2.65. The van der Waals surface area contributed by atoms with Gasteiger partial charge < -0.3 is 36.2 Å². The van der Waals surface area contributed by atoms with E-state index in [1.165, 1.54) is 11.0 Å². The average molecular weight is 606 g/mol. The number of hydrogen-bond acceptors (Lipinski definition) is 11. The third-order valence-corrected chi connectivity index (χ3v) is 8.77. The van der Waals surface area contributed by atoms with Gasteiger partial charge in [-0.1, -0.05) is 30.3 Å². The van der Waals surface area contributed by atoms with E-state index in [0.717, 1.165) is 11.1 Å². The van der Waals surface area contributed by atoms with Crippen molar-refractivity contribution in [2.45, 2.75) is 38.0 Å². The highest BCUT2D eigenvalue weighted by Gasteiger charge is 2.64. The Morgan fingerprint density at radius 3 is 2.39 bits per heavy atom. The zero-order valence-corrected chi connectivity index (χ0v) is 24.6. The summed E-state index contributed by atoms with van der Waals surface area (Å²) in [5, 5.41) is 48.0. The SMILES string of the molecule is CCOC(=O)CNCc1ccc(-c2ccc(O)c3c2C[C@@H]2C[C@@H]4C(N(C)C)C(=O)C(C(N)=O)=C(O)[C@]4(O)C(=O)C2=C3O)cc1. The van der Waals surface area contributed by atoms with Crippen LogP contribution < -0.4 is 11.1 Å². The molecule has 0 spiro atoms. The Morgan fingerprint density at radius 2 is 1.77 bits per heavy atom. The number of phenolic OH excluding ortho intramolecular Hbond substituents is 1. The van der Waals surface area contributed by atoms with Crippen LogP contribution in [0.25, 0.3) is 16.9 Å². The molecule has 1 fully saturated rings. The van der Waals surface area contributed by atoms with Gasteiger partial charge in [0, 0.05) is 18.0 Å². The van der Waals surface area contributed by atoms with Gasteiger partial charge in [-0.15, -0.1) is 0 Å². The molecule has 0 radical (unpaired) electrons. The molecule has 4 atom stereocenters. The van der Waals surface area contributed by atoms with Crippen molar-refractivity contribution in [2.24, 2.45) is 17.6 Å². The fraction of sp³-hybridized carbons (Fsp3) is 0.375. The first-order valence-electron chi connectivity index (χ1n) is 14.3. The van der Waals surface area contributed by atoms with E-state index in [-0.39, 0.29) is 42.2 Å². The maximum absolute atomic E-state index is 14.0. The number of primary amides is 1. The van der Waals surface area contributed by atoms with Crippen LogP contribution in [-0.2, 0) is 36.9 Å². The van der Waals surface area contributed by atoms with E-state index >= 15 is 0 Å². The Morgan fingerprint density at radius 1 is 1.09 bits per heavy atom. The Hall–Kier alpha value is -4.52. The van der Waals surface area contributed by atoms with Crippen molar-refractivity contribution in [2.75, 3.05) is 27.2 Å². The van der Waals surface area contributed by atoms with Crippen LogP contribution >= 0.6 is 0 Å². The first-order chi connectivity index (χ1) is 20.8. The molecule has 44 heavy (non-hydrogen) atoms. The number of hydrogen-bond donors (Lipinski definition) is 6. The number of esters is 1. The quantitative estimate of drug-likeness (QED) is 0.187. The molecule has 2 aromatic rings. The summed E-state index contributed by atoms with van der Waals surface area (Å²) in [6, 6.07) is 9.44. The fourth-order valence-electron chi connectivity index (χ4n) is 6.84. The van der Waals surface area contributed by atoms with Gasteiger partial charge in [0.15, 0.2) is 11.4 Å². The lowest BCUT2D eigenvalue weighted by molar-refractivity contribution is -0.153. The Kier molecular flexibility index (Phi) is 8.10. The van der Waals surface area contributed by atoms with Crippen molar-refractivity contribution >= 4 is 29.2 Å². The molecule has 1 saturated carbocycles. The second kappa shape index (κ2) is 11.5. The molecule has 12 heteroatoms. The van der Waals surface area contributed by atoms with Crippen molar-refractivity contribution in [3.8, 4) is 16.9 Å². The van der Waals surface area contributed by atoms with Crippen molar-refractivity contribution in [3.63, 3.8) is 0 Å². The van der Waals surface area contributed by atoms with E-state index in [4.69, 9.17) is 10.5 Å². The summed E-state index contributed by atoms with van der Waals surface area (Å²) in [7, 11) is 3.11. The molecule has 0 saturated heterocycles. The van der Waals surface area contributed by atoms with E-state index in [9.17, 15) is 39.6 Å². The lowest BCUT2D eigenvalue weighted by atomic mass is 9.57. The van der Waals surface area contributed by atoms with E-state index in [0.29, 0.717) is 24.3 Å². The Balaban J connectivity index is 1.54. The summed E-state index contributed by atoms with van der Waals surface area (Å²) in [6.07, 6.45) is 0.188. The number of amides is 1. The minimum atomic E-state index is -2.69. The van der Waals surface area contributed by atoms with E-state index in [1.54, 1.807) is 27.1 Å². The molecular weight excluding hydrogens is 570 g/mol. The molecule has 0 aromatic heterocycles. The summed E-state index contributed by atoms with van der Waals surface area (Å²) in [4.78, 5) is 52.5. The van der Waals surface area contributed by atoms with Crippen molar-refractivity contribution < 1.29 is 44.3 Å². The molecule has 0 aliphatic heterocycles. The maximum atomic E-state index is 14.0. The van der Waals surface area contributed by atoms with Crippen molar-refractivity contribution in [1.29, 1.82) is 0 Å². The first-order valence-corrected chi connectivity index (χ1v) is 14.3. The highest BCUT2D eigenvalue weighted by Crippen LogP contribution is 2.53. The highest BCUT2D eigenvalue weighted by atomic mass is 16.5. The molecule has 232 valence electrons. The van der Waals surface area contributed by atoms with Gasteiger partial charge in [-0.3, -0.25) is 24.1 Å². The molecule has 12 nitrogen and oxygen atoms in total. The smallest absolute Gasteiger partial charge is 0.319 e. The van der Waals surface area contributed by atoms with Gasteiger partial charge in [0.25, 0.3) is 5.91 Å². The molecule has 3 aliphatic rings. The number of phenols is 1. The maximum Gasteiger partial charge on any atom is 0.319 e. The minimum absolute atomic E-state index is 0.00588. The molecule has 2 aromatic carbocycles. The number of benzene rings is 2. The number of ether oxygens (including phenoxy) is 1. The van der Waals surface area contributed by atoms with E-state index in [1.807, 2.05) is 24.3 Å². The Labute approximate surface area is 253 Å². The number of rotatable bonds is 8. The largest absolute Gasteiger partial charge is 0.508 e. The number of ketones is 2. The van der Waals surface area contributed by atoms with Gasteiger partial charge in [-0.2, -0.15) is 0 Å². The molecule has 5 rings (SSSR count). The lowest BCUT2D eigenvalue weighted by Gasteiger charge is -2.50. The van der Waals surface area contributed by atoms with Crippen LogP contribution in [0.5, 0.6) is 5.75 Å². The topological polar surface area (TPSA) is 200 Å². The van der Waals surface area contributed by atoms with Gasteiger partial charge in [-0.05, 0) is 68.1 Å². The van der Waals surface area contributed by atoms with Crippen LogP contribution in [-0.4, -0.2) is 87.7 Å². The van der Waals surface area contributed by atoms with Crippen LogP contribution in [0.2, 0.25) is 0 Å². The molecule has 3 aliphatic carbocycles. The number of aliphatic hydroxyl groups is 3. The summed E-state index contributed by atoms with van der Waals surface area (Å²) >= 11 is 0. The van der Waals surface area contributed by atoms with Crippen molar-refractivity contribution in [3.05, 3.63) is 70.0 Å². The number of aromatic hydroxyl groups is 1. The summed E-state index contributed by atoms with van der Waals surface area (Å²) < 4.78 is 4.92. The number of carbonyl (C=O) groups is 4. The average Bonchev–Trinajstić information content (AvgIpc) is 2.95.